The predicted octanol–water partition coefficient (Wildman–Crippen LogP) is 1.59. The van der Waals surface area contributed by atoms with Crippen LogP contribution in [-0.2, 0) is 6.54 Å². The van der Waals surface area contributed by atoms with Crippen molar-refractivity contribution in [2.45, 2.75) is 47.2 Å². The van der Waals surface area contributed by atoms with Crippen molar-refractivity contribution in [2.75, 3.05) is 6.61 Å². The first kappa shape index (κ1) is 15.7. The maximum Gasteiger partial charge on any atom is 0.254 e. The first-order chi connectivity index (χ1) is 8.86. The lowest BCUT2D eigenvalue weighted by atomic mass is 10.0. The molecule has 2 unspecified atom stereocenters. The smallest absolute Gasteiger partial charge is 0.254 e. The third kappa shape index (κ3) is 4.06. The molecule has 0 spiro atoms. The minimum atomic E-state index is -0.125. The van der Waals surface area contributed by atoms with Gasteiger partial charge in [-0.2, -0.15) is 5.10 Å². The lowest BCUT2D eigenvalue weighted by Gasteiger charge is -2.19. The predicted molar refractivity (Wildman–Crippen MR) is 75.0 cm³/mol. The van der Waals surface area contributed by atoms with Gasteiger partial charge in [-0.3, -0.25) is 9.48 Å². The molecule has 0 aliphatic rings. The molecular formula is C14H25N3O2. The third-order valence-corrected chi connectivity index (χ3v) is 3.39. The lowest BCUT2D eigenvalue weighted by molar-refractivity contribution is 0.0915. The largest absolute Gasteiger partial charge is 0.396 e. The molecule has 0 fully saturated rings. The molecule has 1 rings (SSSR count). The van der Waals surface area contributed by atoms with E-state index in [-0.39, 0.29) is 24.5 Å². The number of aliphatic hydroxyl groups is 1. The number of hydrogen-bond acceptors (Lipinski definition) is 3. The van der Waals surface area contributed by atoms with Crippen LogP contribution in [0.1, 0.15) is 43.7 Å². The van der Waals surface area contributed by atoms with Crippen molar-refractivity contribution in [1.29, 1.82) is 0 Å². The van der Waals surface area contributed by atoms with Gasteiger partial charge < -0.3 is 10.4 Å². The van der Waals surface area contributed by atoms with Gasteiger partial charge >= 0.3 is 0 Å². The SMILES string of the molecule is Cc1c(C(=O)NC(C)C(C)CO)cnn1CC(C)C. The average molecular weight is 267 g/mol. The molecule has 0 aliphatic carbocycles. The maximum absolute atomic E-state index is 12.1. The molecule has 0 saturated heterocycles. The fourth-order valence-corrected chi connectivity index (χ4v) is 1.78. The van der Waals surface area contributed by atoms with Gasteiger partial charge in [-0.05, 0) is 25.7 Å². The number of nitrogens with one attached hydrogen (secondary N) is 1. The highest BCUT2D eigenvalue weighted by atomic mass is 16.3. The van der Waals surface area contributed by atoms with Gasteiger partial charge in [-0.15, -0.1) is 0 Å². The summed E-state index contributed by atoms with van der Waals surface area (Å²) in [5.41, 5.74) is 1.49. The summed E-state index contributed by atoms with van der Waals surface area (Å²) in [4.78, 5) is 12.1. The molecule has 0 aromatic carbocycles. The molecule has 1 heterocycles. The number of aromatic nitrogens is 2. The van der Waals surface area contributed by atoms with Crippen LogP contribution < -0.4 is 5.32 Å². The molecule has 2 atom stereocenters. The Morgan fingerprint density at radius 1 is 1.42 bits per heavy atom. The first-order valence-corrected chi connectivity index (χ1v) is 6.80. The van der Waals surface area contributed by atoms with Gasteiger partial charge in [0.05, 0.1) is 11.8 Å². The number of carbonyl (C=O) groups excluding carboxylic acids is 1. The van der Waals surface area contributed by atoms with Gasteiger partial charge in [-0.25, -0.2) is 0 Å². The van der Waals surface area contributed by atoms with Crippen LogP contribution in [0.25, 0.3) is 0 Å². The Morgan fingerprint density at radius 2 is 2.05 bits per heavy atom. The Kier molecular flexibility index (Phi) is 5.54. The van der Waals surface area contributed by atoms with Crippen LogP contribution in [-0.4, -0.2) is 33.4 Å². The summed E-state index contributed by atoms with van der Waals surface area (Å²) in [6.45, 7) is 10.8. The lowest BCUT2D eigenvalue weighted by Crippen LogP contribution is -2.38. The summed E-state index contributed by atoms with van der Waals surface area (Å²) in [5, 5.41) is 16.2. The van der Waals surface area contributed by atoms with Crippen LogP contribution in [0.2, 0.25) is 0 Å². The van der Waals surface area contributed by atoms with E-state index in [9.17, 15) is 4.79 Å². The van der Waals surface area contributed by atoms with Crippen LogP contribution in [0.4, 0.5) is 0 Å². The molecule has 1 amide bonds. The number of hydrogen-bond donors (Lipinski definition) is 2. The number of rotatable bonds is 6. The highest BCUT2D eigenvalue weighted by Crippen LogP contribution is 2.11. The van der Waals surface area contributed by atoms with Crippen LogP contribution in [0.15, 0.2) is 6.20 Å². The zero-order chi connectivity index (χ0) is 14.6. The van der Waals surface area contributed by atoms with E-state index in [1.165, 1.54) is 0 Å². The van der Waals surface area contributed by atoms with Gasteiger partial charge in [0, 0.05) is 24.9 Å². The fraction of sp³-hybridized carbons (Fsp3) is 0.714. The van der Waals surface area contributed by atoms with Gasteiger partial charge in [0.25, 0.3) is 5.91 Å². The molecule has 2 N–H and O–H groups in total. The van der Waals surface area contributed by atoms with Gasteiger partial charge in [0.15, 0.2) is 0 Å². The Morgan fingerprint density at radius 3 is 2.58 bits per heavy atom. The zero-order valence-corrected chi connectivity index (χ0v) is 12.5. The molecular weight excluding hydrogens is 242 g/mol. The molecule has 108 valence electrons. The summed E-state index contributed by atoms with van der Waals surface area (Å²) >= 11 is 0. The van der Waals surface area contributed by atoms with Crippen molar-refractivity contribution in [3.63, 3.8) is 0 Å². The van der Waals surface area contributed by atoms with Crippen LogP contribution >= 0.6 is 0 Å². The van der Waals surface area contributed by atoms with Gasteiger partial charge in [0.2, 0.25) is 0 Å². The van der Waals surface area contributed by atoms with E-state index in [2.05, 4.69) is 24.3 Å². The van der Waals surface area contributed by atoms with E-state index >= 15 is 0 Å². The summed E-state index contributed by atoms with van der Waals surface area (Å²) < 4.78 is 1.86. The van der Waals surface area contributed by atoms with Crippen molar-refractivity contribution in [1.82, 2.24) is 15.1 Å². The topological polar surface area (TPSA) is 67.2 Å². The van der Waals surface area contributed by atoms with Crippen LogP contribution in [0, 0.1) is 18.8 Å². The molecule has 1 aromatic heterocycles. The molecule has 0 saturated carbocycles. The van der Waals surface area contributed by atoms with Crippen molar-refractivity contribution in [3.05, 3.63) is 17.5 Å². The summed E-state index contributed by atoms with van der Waals surface area (Å²) in [5.74, 6) is 0.401. The van der Waals surface area contributed by atoms with E-state index in [1.807, 2.05) is 25.5 Å². The Bertz CT molecular complexity index is 426. The fourth-order valence-electron chi connectivity index (χ4n) is 1.78. The molecule has 19 heavy (non-hydrogen) atoms. The standard InChI is InChI=1S/C14H25N3O2/c1-9(2)7-17-12(5)13(6-15-17)14(19)16-11(4)10(3)8-18/h6,9-11,18H,7-8H2,1-5H3,(H,16,19). The normalized spacial score (nSPS) is 14.5. The van der Waals surface area contributed by atoms with E-state index in [0.717, 1.165) is 12.2 Å². The maximum atomic E-state index is 12.1. The second kappa shape index (κ2) is 6.70. The Hall–Kier alpha value is -1.36. The molecule has 5 nitrogen and oxygen atoms in total. The highest BCUT2D eigenvalue weighted by molar-refractivity contribution is 5.95. The molecule has 0 radical (unpaired) electrons. The highest BCUT2D eigenvalue weighted by Gasteiger charge is 2.19. The van der Waals surface area contributed by atoms with Crippen molar-refractivity contribution in [2.24, 2.45) is 11.8 Å². The second-order valence-corrected chi connectivity index (χ2v) is 5.64. The molecule has 1 aromatic rings. The van der Waals surface area contributed by atoms with Crippen molar-refractivity contribution in [3.8, 4) is 0 Å². The Labute approximate surface area is 115 Å². The minimum absolute atomic E-state index is 0.0370. The summed E-state index contributed by atoms with van der Waals surface area (Å²) in [7, 11) is 0. The Balaban J connectivity index is 2.75. The van der Waals surface area contributed by atoms with Crippen LogP contribution in [0.5, 0.6) is 0 Å². The van der Waals surface area contributed by atoms with Gasteiger partial charge in [-0.1, -0.05) is 20.8 Å². The summed E-state index contributed by atoms with van der Waals surface area (Å²) in [6, 6.07) is -0.0645. The minimum Gasteiger partial charge on any atom is -0.396 e. The van der Waals surface area contributed by atoms with E-state index in [1.54, 1.807) is 6.20 Å². The number of aliphatic hydroxyl groups excluding tert-OH is 1. The van der Waals surface area contributed by atoms with Crippen molar-refractivity contribution < 1.29 is 9.90 Å². The second-order valence-electron chi connectivity index (χ2n) is 5.64. The quantitative estimate of drug-likeness (QED) is 0.822. The number of nitrogens with zero attached hydrogens (tertiary/aromatic N) is 2. The van der Waals surface area contributed by atoms with E-state index in [0.29, 0.717) is 11.5 Å². The van der Waals surface area contributed by atoms with E-state index < -0.39 is 0 Å². The third-order valence-electron chi connectivity index (χ3n) is 3.39. The number of carbonyl (C=O) groups is 1. The molecule has 0 bridgehead atoms. The van der Waals surface area contributed by atoms with Crippen molar-refractivity contribution >= 4 is 5.91 Å². The van der Waals surface area contributed by atoms with Crippen LogP contribution in [0.3, 0.4) is 0 Å². The molecule has 5 heteroatoms. The zero-order valence-electron chi connectivity index (χ0n) is 12.5. The molecule has 0 aliphatic heterocycles. The first-order valence-electron chi connectivity index (χ1n) is 6.80. The monoisotopic (exact) mass is 267 g/mol. The average Bonchev–Trinajstić information content (AvgIpc) is 2.69. The number of amides is 1. The summed E-state index contributed by atoms with van der Waals surface area (Å²) in [6.07, 6.45) is 1.61. The van der Waals surface area contributed by atoms with E-state index in [4.69, 9.17) is 5.11 Å². The van der Waals surface area contributed by atoms with Gasteiger partial charge in [0.1, 0.15) is 0 Å².